The number of rotatable bonds is 3. The van der Waals surface area contributed by atoms with Gasteiger partial charge in [-0.15, -0.1) is 13.2 Å². The molecule has 0 aliphatic rings. The average molecular weight is 553 g/mol. The molecule has 0 saturated carbocycles. The molecule has 8 rings (SSSR count). The summed E-state index contributed by atoms with van der Waals surface area (Å²) in [5, 5.41) is 11.7. The first-order valence-corrected chi connectivity index (χ1v) is 13.8. The Kier molecular flexibility index (Phi) is 5.26. The first kappa shape index (κ1) is 24.7. The minimum atomic E-state index is -4.73. The molecule has 0 amide bonds. The highest BCUT2D eigenvalue weighted by Crippen LogP contribution is 2.46. The van der Waals surface area contributed by atoms with Crippen LogP contribution in [0.3, 0.4) is 0 Å². The molecule has 0 saturated heterocycles. The van der Waals surface area contributed by atoms with Gasteiger partial charge in [0.05, 0.1) is 0 Å². The highest BCUT2D eigenvalue weighted by atomic mass is 19.4. The van der Waals surface area contributed by atoms with E-state index in [1.165, 1.54) is 50.0 Å². The van der Waals surface area contributed by atoms with Crippen molar-refractivity contribution in [1.29, 1.82) is 0 Å². The molecular formula is C38H23F3O. The second-order valence-electron chi connectivity index (χ2n) is 10.9. The van der Waals surface area contributed by atoms with Crippen LogP contribution in [0, 0.1) is 6.92 Å². The monoisotopic (exact) mass is 552 g/mol. The number of alkyl halides is 3. The largest absolute Gasteiger partial charge is 0.573 e. The number of ether oxygens (including phenoxy) is 1. The number of halogens is 3. The molecule has 8 aromatic carbocycles. The van der Waals surface area contributed by atoms with Crippen molar-refractivity contribution in [2.75, 3.05) is 0 Å². The highest BCUT2D eigenvalue weighted by molar-refractivity contribution is 6.26. The average Bonchev–Trinajstić information content (AvgIpc) is 2.98. The molecule has 8 aromatic rings. The van der Waals surface area contributed by atoms with E-state index in [1.54, 1.807) is 12.1 Å². The Morgan fingerprint density at radius 1 is 0.476 bits per heavy atom. The molecule has 0 aliphatic heterocycles. The van der Waals surface area contributed by atoms with E-state index < -0.39 is 6.36 Å². The Labute approximate surface area is 239 Å². The van der Waals surface area contributed by atoms with Crippen LogP contribution in [0.25, 0.3) is 76.1 Å². The lowest BCUT2D eigenvalue weighted by molar-refractivity contribution is -0.274. The van der Waals surface area contributed by atoms with Crippen LogP contribution in [-0.2, 0) is 0 Å². The van der Waals surface area contributed by atoms with Crippen LogP contribution in [0.4, 0.5) is 13.2 Å². The third-order valence-electron chi connectivity index (χ3n) is 8.27. The second-order valence-corrected chi connectivity index (χ2v) is 10.9. The molecule has 0 atom stereocenters. The predicted octanol–water partition coefficient (Wildman–Crippen LogP) is 11.4. The van der Waals surface area contributed by atoms with Crippen molar-refractivity contribution in [3.63, 3.8) is 0 Å². The summed E-state index contributed by atoms with van der Waals surface area (Å²) in [7, 11) is 0. The maximum atomic E-state index is 12.8. The molecule has 42 heavy (non-hydrogen) atoms. The Bertz CT molecular complexity index is 2190. The maximum Gasteiger partial charge on any atom is 0.573 e. The topological polar surface area (TPSA) is 9.23 Å². The van der Waals surface area contributed by atoms with Crippen LogP contribution in [0.2, 0.25) is 0 Å². The zero-order valence-electron chi connectivity index (χ0n) is 22.6. The van der Waals surface area contributed by atoms with Crippen molar-refractivity contribution in [3.8, 4) is 28.0 Å². The van der Waals surface area contributed by atoms with Crippen LogP contribution in [-0.4, -0.2) is 6.36 Å². The Hall–Kier alpha value is -5.09. The standard InChI is InChI=1S/C38H23F3O/c1-22-18-24-10-12-26-20-28(21-27-13-11-25(19-22)34(24)35(26)27)37-32-8-4-2-6-30(32)36(31-7-3-5-9-33(31)37)23-14-16-29(17-15-23)42-38(39,40)41/h2-21H,1H3. The molecule has 0 aromatic heterocycles. The van der Waals surface area contributed by atoms with Gasteiger partial charge in [0.15, 0.2) is 0 Å². The van der Waals surface area contributed by atoms with Crippen molar-refractivity contribution in [2.45, 2.75) is 13.3 Å². The van der Waals surface area contributed by atoms with Gasteiger partial charge in [0.2, 0.25) is 0 Å². The molecule has 0 unspecified atom stereocenters. The lowest BCUT2D eigenvalue weighted by Gasteiger charge is -2.19. The van der Waals surface area contributed by atoms with E-state index in [9.17, 15) is 13.2 Å². The second kappa shape index (κ2) is 8.95. The SMILES string of the molecule is Cc1cc2ccc3cc(-c4c5ccccc5c(-c5ccc(OC(F)(F)F)cc5)c5ccccc45)cc4ccc(c1)c2c34. The molecule has 0 bridgehead atoms. The third-order valence-corrected chi connectivity index (χ3v) is 8.27. The zero-order chi connectivity index (χ0) is 28.6. The summed E-state index contributed by atoms with van der Waals surface area (Å²) >= 11 is 0. The van der Waals surface area contributed by atoms with Crippen LogP contribution in [0.1, 0.15) is 5.56 Å². The summed E-state index contributed by atoms with van der Waals surface area (Å²) in [5.74, 6) is -0.236. The first-order valence-electron chi connectivity index (χ1n) is 13.8. The maximum absolute atomic E-state index is 12.8. The van der Waals surface area contributed by atoms with Crippen LogP contribution < -0.4 is 4.74 Å². The van der Waals surface area contributed by atoms with E-state index >= 15 is 0 Å². The molecule has 1 nitrogen and oxygen atoms in total. The molecular weight excluding hydrogens is 529 g/mol. The summed E-state index contributed by atoms with van der Waals surface area (Å²) in [4.78, 5) is 0. The van der Waals surface area contributed by atoms with Gasteiger partial charge >= 0.3 is 6.36 Å². The number of benzene rings is 8. The van der Waals surface area contributed by atoms with Gasteiger partial charge in [-0.05, 0) is 113 Å². The van der Waals surface area contributed by atoms with Crippen molar-refractivity contribution in [1.82, 2.24) is 0 Å². The predicted molar refractivity (Wildman–Crippen MR) is 167 cm³/mol. The fraction of sp³-hybridized carbons (Fsp3) is 0.0526. The Balaban J connectivity index is 1.41. The van der Waals surface area contributed by atoms with E-state index in [-0.39, 0.29) is 5.75 Å². The van der Waals surface area contributed by atoms with Gasteiger partial charge in [0.25, 0.3) is 0 Å². The molecule has 4 heteroatoms. The van der Waals surface area contributed by atoms with Crippen molar-refractivity contribution < 1.29 is 17.9 Å². The molecule has 0 heterocycles. The molecule has 0 N–H and O–H groups in total. The van der Waals surface area contributed by atoms with Crippen molar-refractivity contribution in [2.24, 2.45) is 0 Å². The third kappa shape index (κ3) is 3.87. The van der Waals surface area contributed by atoms with Crippen LogP contribution >= 0.6 is 0 Å². The van der Waals surface area contributed by atoms with Gasteiger partial charge in [-0.1, -0.05) is 97.1 Å². The van der Waals surface area contributed by atoms with Crippen molar-refractivity contribution >= 4 is 53.9 Å². The van der Waals surface area contributed by atoms with Crippen LogP contribution in [0.5, 0.6) is 5.75 Å². The zero-order valence-corrected chi connectivity index (χ0v) is 22.6. The summed E-state index contributed by atoms with van der Waals surface area (Å²) in [5.41, 5.74) is 5.33. The quantitative estimate of drug-likeness (QED) is 0.156. The van der Waals surface area contributed by atoms with Crippen LogP contribution in [0.15, 0.2) is 121 Å². The summed E-state index contributed by atoms with van der Waals surface area (Å²) in [6.45, 7) is 2.14. The van der Waals surface area contributed by atoms with E-state index in [0.717, 1.165) is 43.8 Å². The molecule has 202 valence electrons. The van der Waals surface area contributed by atoms with Crippen molar-refractivity contribution in [3.05, 3.63) is 127 Å². The van der Waals surface area contributed by atoms with Gasteiger partial charge in [0.1, 0.15) is 5.75 Å². The minimum absolute atomic E-state index is 0.236. The highest BCUT2D eigenvalue weighted by Gasteiger charge is 2.31. The number of hydrogen-bond donors (Lipinski definition) is 0. The minimum Gasteiger partial charge on any atom is -0.406 e. The van der Waals surface area contributed by atoms with Gasteiger partial charge < -0.3 is 4.74 Å². The van der Waals surface area contributed by atoms with E-state index in [0.29, 0.717) is 0 Å². The Morgan fingerprint density at radius 2 is 0.881 bits per heavy atom. The first-order chi connectivity index (χ1) is 20.3. The number of aryl methyl sites for hydroxylation is 1. The molecule has 0 fully saturated rings. The number of fused-ring (bicyclic) bond motifs is 2. The van der Waals surface area contributed by atoms with E-state index in [1.807, 2.05) is 24.3 Å². The number of hydrogen-bond acceptors (Lipinski definition) is 1. The lowest BCUT2D eigenvalue weighted by atomic mass is 9.84. The summed E-state index contributed by atoms with van der Waals surface area (Å²) < 4.78 is 42.6. The fourth-order valence-corrected chi connectivity index (χ4v) is 6.71. The lowest BCUT2D eigenvalue weighted by Crippen LogP contribution is -2.16. The van der Waals surface area contributed by atoms with E-state index in [2.05, 4.69) is 84.5 Å². The Morgan fingerprint density at radius 3 is 1.31 bits per heavy atom. The fourth-order valence-electron chi connectivity index (χ4n) is 6.71. The molecule has 0 aliphatic carbocycles. The normalized spacial score (nSPS) is 12.3. The summed E-state index contributed by atoms with van der Waals surface area (Å²) in [6.07, 6.45) is -4.73. The summed E-state index contributed by atoms with van der Waals surface area (Å²) in [6, 6.07) is 40.6. The molecule has 0 spiro atoms. The van der Waals surface area contributed by atoms with Gasteiger partial charge in [-0.25, -0.2) is 0 Å². The van der Waals surface area contributed by atoms with E-state index in [4.69, 9.17) is 0 Å². The van der Waals surface area contributed by atoms with Gasteiger partial charge in [0, 0.05) is 0 Å². The van der Waals surface area contributed by atoms with Gasteiger partial charge in [-0.2, -0.15) is 0 Å². The van der Waals surface area contributed by atoms with Gasteiger partial charge in [-0.3, -0.25) is 0 Å². The molecule has 0 radical (unpaired) electrons. The smallest absolute Gasteiger partial charge is 0.406 e.